The maximum atomic E-state index is 14.2. The van der Waals surface area contributed by atoms with Gasteiger partial charge in [-0.1, -0.05) is 28.1 Å². The smallest absolute Gasteiger partial charge is 0.146 e. The normalized spacial score (nSPS) is 18.5. The molecule has 1 unspecified atom stereocenters. The van der Waals surface area contributed by atoms with Crippen LogP contribution in [0, 0.1) is 5.82 Å². The predicted octanol–water partition coefficient (Wildman–Crippen LogP) is 4.91. The van der Waals surface area contributed by atoms with Crippen LogP contribution >= 0.6 is 27.3 Å². The van der Waals surface area contributed by atoms with Crippen LogP contribution in [0.4, 0.5) is 10.1 Å². The maximum Gasteiger partial charge on any atom is 0.146 e. The lowest BCUT2D eigenvalue weighted by atomic mass is 9.99. The average molecular weight is 340 g/mol. The molecule has 1 aliphatic rings. The van der Waals surface area contributed by atoms with E-state index in [1.807, 2.05) is 17.4 Å². The molecule has 1 atom stereocenters. The van der Waals surface area contributed by atoms with Crippen molar-refractivity contribution in [3.8, 4) is 0 Å². The van der Waals surface area contributed by atoms with Gasteiger partial charge in [-0.15, -0.1) is 11.3 Å². The van der Waals surface area contributed by atoms with Crippen LogP contribution in [-0.2, 0) is 11.8 Å². The van der Waals surface area contributed by atoms with Gasteiger partial charge >= 0.3 is 0 Å². The summed E-state index contributed by atoms with van der Waals surface area (Å²) in [4.78, 5) is 3.64. The molecule has 1 aliphatic heterocycles. The third kappa shape index (κ3) is 2.21. The molecular weight excluding hydrogens is 325 g/mol. The molecular formula is C15H15BrFNS. The van der Waals surface area contributed by atoms with Crippen molar-refractivity contribution < 1.29 is 4.39 Å². The summed E-state index contributed by atoms with van der Waals surface area (Å²) < 4.78 is 14.2. The molecule has 0 saturated heterocycles. The number of halogens is 2. The molecule has 0 fully saturated rings. The van der Waals surface area contributed by atoms with E-state index in [-0.39, 0.29) is 11.9 Å². The Kier molecular flexibility index (Phi) is 3.63. The molecule has 0 N–H and O–H groups in total. The van der Waals surface area contributed by atoms with Gasteiger partial charge in [0.05, 0.1) is 11.7 Å². The predicted molar refractivity (Wildman–Crippen MR) is 82.8 cm³/mol. The lowest BCUT2D eigenvalue weighted by Crippen LogP contribution is -2.34. The van der Waals surface area contributed by atoms with Crippen LogP contribution in [0.1, 0.15) is 29.0 Å². The number of benzene rings is 1. The van der Waals surface area contributed by atoms with Crippen LogP contribution in [-0.4, -0.2) is 6.54 Å². The summed E-state index contributed by atoms with van der Waals surface area (Å²) >= 11 is 5.27. The first-order valence-corrected chi connectivity index (χ1v) is 8.38. The fourth-order valence-electron chi connectivity index (χ4n) is 2.80. The molecule has 4 heteroatoms. The van der Waals surface area contributed by atoms with Crippen LogP contribution in [0.2, 0.25) is 0 Å². The van der Waals surface area contributed by atoms with Crippen LogP contribution < -0.4 is 4.90 Å². The summed E-state index contributed by atoms with van der Waals surface area (Å²) in [7, 11) is 0. The summed E-state index contributed by atoms with van der Waals surface area (Å²) in [6, 6.07) is 7.73. The first-order chi connectivity index (χ1) is 9.22. The minimum absolute atomic E-state index is 0.123. The number of hydrogen-bond donors (Lipinski definition) is 0. The van der Waals surface area contributed by atoms with Crippen molar-refractivity contribution in [2.45, 2.75) is 24.7 Å². The fraction of sp³-hybridized carbons (Fsp3) is 0.333. The first-order valence-electron chi connectivity index (χ1n) is 6.38. The van der Waals surface area contributed by atoms with E-state index in [1.165, 1.54) is 10.4 Å². The summed E-state index contributed by atoms with van der Waals surface area (Å²) in [6.45, 7) is 3.05. The van der Waals surface area contributed by atoms with Crippen molar-refractivity contribution in [1.82, 2.24) is 0 Å². The zero-order valence-electron chi connectivity index (χ0n) is 10.7. The Morgan fingerprint density at radius 2 is 2.26 bits per heavy atom. The number of fused-ring (bicyclic) bond motifs is 1. The lowest BCUT2D eigenvalue weighted by molar-refractivity contribution is 0.580. The molecule has 0 radical (unpaired) electrons. The number of alkyl halides is 1. The van der Waals surface area contributed by atoms with Gasteiger partial charge < -0.3 is 4.90 Å². The van der Waals surface area contributed by atoms with Gasteiger partial charge in [-0.05, 0) is 42.0 Å². The van der Waals surface area contributed by atoms with Crippen LogP contribution in [0.5, 0.6) is 0 Å². The van der Waals surface area contributed by atoms with Gasteiger partial charge in [0, 0.05) is 16.8 Å². The Bertz CT molecular complexity index is 596. The van der Waals surface area contributed by atoms with E-state index in [0.29, 0.717) is 5.33 Å². The number of rotatable bonds is 2. The summed E-state index contributed by atoms with van der Waals surface area (Å²) in [5.74, 6) is -0.123. The second-order valence-corrected chi connectivity index (χ2v) is 6.36. The Morgan fingerprint density at radius 1 is 1.42 bits per heavy atom. The minimum Gasteiger partial charge on any atom is -0.362 e. The highest BCUT2D eigenvalue weighted by Crippen LogP contribution is 2.38. The van der Waals surface area contributed by atoms with Crippen LogP contribution in [0.3, 0.4) is 0 Å². The van der Waals surface area contributed by atoms with Gasteiger partial charge in [0.15, 0.2) is 0 Å². The fourth-order valence-corrected chi connectivity index (χ4v) is 4.22. The topological polar surface area (TPSA) is 3.24 Å². The SMILES string of the molecule is CC1c2ccsc2CCN1c1c(F)cccc1CBr. The monoisotopic (exact) mass is 339 g/mol. The molecule has 2 heterocycles. The second-order valence-electron chi connectivity index (χ2n) is 4.80. The molecule has 3 rings (SSSR count). The Hall–Kier alpha value is -0.870. The molecule has 2 aromatic rings. The standard InChI is InChI=1S/C15H15BrFNS/c1-10-12-6-8-19-14(12)5-7-18(10)15-11(9-16)3-2-4-13(15)17/h2-4,6,8,10H,5,7,9H2,1H3. The van der Waals surface area contributed by atoms with Gasteiger partial charge in [0.25, 0.3) is 0 Å². The molecule has 1 aromatic heterocycles. The average Bonchev–Trinajstić information content (AvgIpc) is 2.89. The van der Waals surface area contributed by atoms with Gasteiger partial charge in [0.1, 0.15) is 5.82 Å². The van der Waals surface area contributed by atoms with Gasteiger partial charge in [-0.3, -0.25) is 0 Å². The summed E-state index contributed by atoms with van der Waals surface area (Å²) in [6.07, 6.45) is 1.01. The van der Waals surface area contributed by atoms with Gasteiger partial charge in [-0.25, -0.2) is 4.39 Å². The van der Waals surface area contributed by atoms with E-state index in [9.17, 15) is 4.39 Å². The molecule has 100 valence electrons. The van der Waals surface area contributed by atoms with E-state index < -0.39 is 0 Å². The maximum absolute atomic E-state index is 14.2. The highest BCUT2D eigenvalue weighted by Gasteiger charge is 2.27. The molecule has 1 aromatic carbocycles. The highest BCUT2D eigenvalue weighted by molar-refractivity contribution is 9.08. The van der Waals surface area contributed by atoms with Crippen molar-refractivity contribution in [1.29, 1.82) is 0 Å². The molecule has 0 saturated carbocycles. The second kappa shape index (κ2) is 5.25. The van der Waals surface area contributed by atoms with E-state index in [2.05, 4.69) is 39.2 Å². The third-order valence-corrected chi connectivity index (χ3v) is 5.38. The van der Waals surface area contributed by atoms with E-state index in [1.54, 1.807) is 12.1 Å². The first kappa shape index (κ1) is 13.1. The number of thiophene rings is 1. The highest BCUT2D eigenvalue weighted by atomic mass is 79.9. The number of nitrogens with zero attached hydrogens (tertiary/aromatic N) is 1. The van der Waals surface area contributed by atoms with Crippen molar-refractivity contribution >= 4 is 33.0 Å². The summed E-state index contributed by atoms with van der Waals surface area (Å²) in [5.41, 5.74) is 3.12. The van der Waals surface area contributed by atoms with Crippen LogP contribution in [0.25, 0.3) is 0 Å². The summed E-state index contributed by atoms with van der Waals surface area (Å²) in [5, 5.41) is 2.82. The van der Waals surface area contributed by atoms with Crippen LogP contribution in [0.15, 0.2) is 29.6 Å². The zero-order valence-corrected chi connectivity index (χ0v) is 13.1. The van der Waals surface area contributed by atoms with Crippen molar-refractivity contribution in [3.05, 3.63) is 51.5 Å². The van der Waals surface area contributed by atoms with Crippen molar-refractivity contribution in [3.63, 3.8) is 0 Å². The molecule has 1 nitrogen and oxygen atoms in total. The Morgan fingerprint density at radius 3 is 3.05 bits per heavy atom. The Labute approximate surface area is 125 Å². The number of para-hydroxylation sites is 1. The lowest BCUT2D eigenvalue weighted by Gasteiger charge is -2.36. The van der Waals surface area contributed by atoms with E-state index in [4.69, 9.17) is 0 Å². The largest absolute Gasteiger partial charge is 0.362 e. The minimum atomic E-state index is -0.123. The third-order valence-electron chi connectivity index (χ3n) is 3.78. The Balaban J connectivity index is 2.05. The number of anilines is 1. The molecule has 0 spiro atoms. The molecule has 0 amide bonds. The van der Waals surface area contributed by atoms with Gasteiger partial charge in [-0.2, -0.15) is 0 Å². The molecule has 0 bridgehead atoms. The van der Waals surface area contributed by atoms with Crippen molar-refractivity contribution in [2.24, 2.45) is 0 Å². The van der Waals surface area contributed by atoms with Gasteiger partial charge in [0.2, 0.25) is 0 Å². The number of hydrogen-bond acceptors (Lipinski definition) is 2. The van der Waals surface area contributed by atoms with E-state index >= 15 is 0 Å². The molecule has 19 heavy (non-hydrogen) atoms. The zero-order chi connectivity index (χ0) is 13.4. The van der Waals surface area contributed by atoms with Crippen molar-refractivity contribution in [2.75, 3.05) is 11.4 Å². The molecule has 0 aliphatic carbocycles. The quantitative estimate of drug-likeness (QED) is 0.703. The van der Waals surface area contributed by atoms with E-state index in [0.717, 1.165) is 24.2 Å².